The smallest absolute Gasteiger partial charge is 0.342 e. The van der Waals surface area contributed by atoms with E-state index in [1.165, 1.54) is 35.1 Å². The molecule has 0 aliphatic carbocycles. The Balaban J connectivity index is 2.28. The molecule has 144 valence electrons. The second-order valence-electron chi connectivity index (χ2n) is 5.81. The average Bonchev–Trinajstić information content (AvgIpc) is 2.71. The van der Waals surface area contributed by atoms with Crippen molar-refractivity contribution in [1.82, 2.24) is 14.8 Å². The molecule has 0 radical (unpaired) electrons. The van der Waals surface area contributed by atoms with E-state index < -0.39 is 17.3 Å². The highest BCUT2D eigenvalue weighted by Gasteiger charge is 2.25. The quantitative estimate of drug-likeness (QED) is 0.658. The predicted octanol–water partition coefficient (Wildman–Crippen LogP) is 3.38. The third-order valence-electron chi connectivity index (χ3n) is 3.98. The summed E-state index contributed by atoms with van der Waals surface area (Å²) in [5, 5.41) is 7.29. The maximum Gasteiger partial charge on any atom is 0.342 e. The molecule has 7 nitrogen and oxygen atoms in total. The molecule has 0 saturated carbocycles. The Bertz CT molecular complexity index is 1030. The van der Waals surface area contributed by atoms with Crippen molar-refractivity contribution in [3.63, 3.8) is 0 Å². The van der Waals surface area contributed by atoms with Gasteiger partial charge in [-0.2, -0.15) is 5.10 Å². The molecule has 2 heterocycles. The molecule has 2 aromatic heterocycles. The number of rotatable bonds is 6. The first kappa shape index (κ1) is 19.2. The van der Waals surface area contributed by atoms with E-state index in [0.29, 0.717) is 11.3 Å². The molecule has 0 fully saturated rings. The fourth-order valence-electron chi connectivity index (χ4n) is 2.69. The SMILES string of the molecule is CCOC(=O)c1c(-c2ccc(F)cc2)nn(CC)c(=O)c1Nc1cccnc1. The number of anilines is 2. The number of benzene rings is 1. The third-order valence-corrected chi connectivity index (χ3v) is 3.98. The lowest BCUT2D eigenvalue weighted by molar-refractivity contribution is 0.0527. The Morgan fingerprint density at radius 1 is 1.21 bits per heavy atom. The lowest BCUT2D eigenvalue weighted by Gasteiger charge is -2.16. The predicted molar refractivity (Wildman–Crippen MR) is 103 cm³/mol. The molecule has 0 aliphatic rings. The molecule has 0 amide bonds. The van der Waals surface area contributed by atoms with Crippen molar-refractivity contribution >= 4 is 17.3 Å². The lowest BCUT2D eigenvalue weighted by atomic mass is 10.0. The van der Waals surface area contributed by atoms with Crippen molar-refractivity contribution in [3.05, 3.63) is 70.5 Å². The number of pyridine rings is 1. The van der Waals surface area contributed by atoms with Crippen LogP contribution >= 0.6 is 0 Å². The number of carbonyl (C=O) groups excluding carboxylic acids is 1. The van der Waals surface area contributed by atoms with Crippen molar-refractivity contribution in [2.75, 3.05) is 11.9 Å². The van der Waals surface area contributed by atoms with Crippen molar-refractivity contribution in [3.8, 4) is 11.3 Å². The first-order valence-electron chi connectivity index (χ1n) is 8.80. The van der Waals surface area contributed by atoms with Crippen molar-refractivity contribution < 1.29 is 13.9 Å². The summed E-state index contributed by atoms with van der Waals surface area (Å²) >= 11 is 0. The number of halogens is 1. The van der Waals surface area contributed by atoms with Crippen LogP contribution < -0.4 is 10.9 Å². The standard InChI is InChI=1S/C20H19FN4O3/c1-3-25-19(26)18(23-15-6-5-11-22-12-15)16(20(27)28-4-2)17(24-25)13-7-9-14(21)10-8-13/h5-12,23H,3-4H2,1-2H3. The van der Waals surface area contributed by atoms with Gasteiger partial charge in [-0.1, -0.05) is 0 Å². The summed E-state index contributed by atoms with van der Waals surface area (Å²) in [6.45, 7) is 3.86. The molecule has 0 unspecified atom stereocenters. The second-order valence-corrected chi connectivity index (χ2v) is 5.81. The van der Waals surface area contributed by atoms with Crippen LogP contribution in [0, 0.1) is 5.82 Å². The van der Waals surface area contributed by atoms with Gasteiger partial charge < -0.3 is 10.1 Å². The summed E-state index contributed by atoms with van der Waals surface area (Å²) in [4.78, 5) is 29.7. The molecule has 0 atom stereocenters. The van der Waals surface area contributed by atoms with Crippen molar-refractivity contribution in [2.45, 2.75) is 20.4 Å². The van der Waals surface area contributed by atoms with Crippen LogP contribution in [0.25, 0.3) is 11.3 Å². The molecular formula is C20H19FN4O3. The van der Waals surface area contributed by atoms with Crippen molar-refractivity contribution in [2.24, 2.45) is 0 Å². The Kier molecular flexibility index (Phi) is 5.78. The minimum atomic E-state index is -0.693. The number of esters is 1. The number of nitrogens with one attached hydrogen (secondary N) is 1. The van der Waals surface area contributed by atoms with Crippen LogP contribution in [0.15, 0.2) is 53.6 Å². The molecule has 0 bridgehead atoms. The molecule has 0 saturated heterocycles. The van der Waals surface area contributed by atoms with Crippen LogP contribution in [0.3, 0.4) is 0 Å². The van der Waals surface area contributed by atoms with Gasteiger partial charge >= 0.3 is 5.97 Å². The zero-order valence-electron chi connectivity index (χ0n) is 15.5. The third kappa shape index (κ3) is 3.90. The first-order chi connectivity index (χ1) is 13.5. The number of ether oxygens (including phenoxy) is 1. The van der Waals surface area contributed by atoms with E-state index in [4.69, 9.17) is 4.74 Å². The van der Waals surface area contributed by atoms with Gasteiger partial charge in [-0.05, 0) is 50.2 Å². The highest BCUT2D eigenvalue weighted by molar-refractivity contribution is 6.02. The molecule has 3 rings (SSSR count). The number of nitrogens with zero attached hydrogens (tertiary/aromatic N) is 3. The first-order valence-corrected chi connectivity index (χ1v) is 8.80. The van der Waals surface area contributed by atoms with Crippen LogP contribution in [0.1, 0.15) is 24.2 Å². The number of aromatic nitrogens is 3. The van der Waals surface area contributed by atoms with Gasteiger partial charge in [0.15, 0.2) is 0 Å². The van der Waals surface area contributed by atoms with Crippen LogP contribution in [-0.2, 0) is 11.3 Å². The van der Waals surface area contributed by atoms with Gasteiger partial charge in [0.2, 0.25) is 0 Å². The molecule has 28 heavy (non-hydrogen) atoms. The topological polar surface area (TPSA) is 86.1 Å². The van der Waals surface area contributed by atoms with Gasteiger partial charge in [0.05, 0.1) is 18.5 Å². The number of hydrogen-bond donors (Lipinski definition) is 1. The van der Waals surface area contributed by atoms with E-state index in [2.05, 4.69) is 15.4 Å². The summed E-state index contributed by atoms with van der Waals surface area (Å²) < 4.78 is 19.8. The van der Waals surface area contributed by atoms with E-state index in [1.54, 1.807) is 32.2 Å². The van der Waals surface area contributed by atoms with Crippen molar-refractivity contribution in [1.29, 1.82) is 0 Å². The van der Waals surface area contributed by atoms with Gasteiger partial charge in [-0.3, -0.25) is 9.78 Å². The lowest BCUT2D eigenvalue weighted by Crippen LogP contribution is -2.29. The monoisotopic (exact) mass is 382 g/mol. The van der Waals surface area contributed by atoms with E-state index in [9.17, 15) is 14.0 Å². The van der Waals surface area contributed by atoms with E-state index in [-0.39, 0.29) is 30.1 Å². The van der Waals surface area contributed by atoms with E-state index in [0.717, 1.165) is 0 Å². The average molecular weight is 382 g/mol. The van der Waals surface area contributed by atoms with Gasteiger partial charge in [-0.15, -0.1) is 0 Å². The molecule has 8 heteroatoms. The largest absolute Gasteiger partial charge is 0.462 e. The maximum atomic E-state index is 13.4. The molecule has 3 aromatic rings. The fraction of sp³-hybridized carbons (Fsp3) is 0.200. The Morgan fingerprint density at radius 2 is 1.96 bits per heavy atom. The van der Waals surface area contributed by atoms with Gasteiger partial charge in [0.1, 0.15) is 22.8 Å². The maximum absolute atomic E-state index is 13.4. The summed E-state index contributed by atoms with van der Waals surface area (Å²) in [5.74, 6) is -1.11. The van der Waals surface area contributed by atoms with E-state index in [1.807, 2.05) is 0 Å². The van der Waals surface area contributed by atoms with Gasteiger partial charge in [-0.25, -0.2) is 13.9 Å². The molecule has 1 aromatic carbocycles. The number of aryl methyl sites for hydroxylation is 1. The Morgan fingerprint density at radius 3 is 2.57 bits per heavy atom. The van der Waals surface area contributed by atoms with Crippen LogP contribution in [0.4, 0.5) is 15.8 Å². The zero-order valence-corrected chi connectivity index (χ0v) is 15.5. The summed E-state index contributed by atoms with van der Waals surface area (Å²) in [7, 11) is 0. The van der Waals surface area contributed by atoms with Crippen LogP contribution in [0.2, 0.25) is 0 Å². The van der Waals surface area contributed by atoms with E-state index >= 15 is 0 Å². The highest BCUT2D eigenvalue weighted by atomic mass is 19.1. The van der Waals surface area contributed by atoms with Gasteiger partial charge in [0.25, 0.3) is 5.56 Å². The fourth-order valence-corrected chi connectivity index (χ4v) is 2.69. The summed E-state index contributed by atoms with van der Waals surface area (Å²) in [5.41, 5.74) is 0.797. The minimum Gasteiger partial charge on any atom is -0.462 e. The number of hydrogen-bond acceptors (Lipinski definition) is 6. The summed E-state index contributed by atoms with van der Waals surface area (Å²) in [6, 6.07) is 8.95. The molecule has 0 spiro atoms. The summed E-state index contributed by atoms with van der Waals surface area (Å²) in [6.07, 6.45) is 3.13. The second kappa shape index (κ2) is 8.43. The normalized spacial score (nSPS) is 10.5. The Hall–Kier alpha value is -3.55. The molecule has 0 aliphatic heterocycles. The highest BCUT2D eigenvalue weighted by Crippen LogP contribution is 2.28. The zero-order chi connectivity index (χ0) is 20.1. The van der Waals surface area contributed by atoms with Crippen LogP contribution in [0.5, 0.6) is 0 Å². The van der Waals surface area contributed by atoms with Crippen LogP contribution in [-0.4, -0.2) is 27.3 Å². The van der Waals surface area contributed by atoms with Gasteiger partial charge in [0, 0.05) is 18.3 Å². The molecular weight excluding hydrogens is 363 g/mol. The Labute approximate surface area is 160 Å². The number of carbonyl (C=O) groups is 1. The minimum absolute atomic E-state index is 0.00740. The molecule has 1 N–H and O–H groups in total.